The van der Waals surface area contributed by atoms with E-state index in [1.54, 1.807) is 65.5 Å². The van der Waals surface area contributed by atoms with Crippen LogP contribution in [0.15, 0.2) is 61.9 Å². The Bertz CT molecular complexity index is 1540. The summed E-state index contributed by atoms with van der Waals surface area (Å²) in [6.07, 6.45) is 1.75. The molecule has 1 unspecified atom stereocenters. The van der Waals surface area contributed by atoms with Gasteiger partial charge >= 0.3 is 5.97 Å². The molecular formula is C26H25BrN2O6S. The molecule has 4 rings (SSSR count). The third kappa shape index (κ3) is 4.70. The number of benzene rings is 2. The number of methoxy groups -OCH3 is 3. The number of nitrogens with zero attached hydrogens (tertiary/aromatic N) is 2. The smallest absolute Gasteiger partial charge is 0.338 e. The predicted molar refractivity (Wildman–Crippen MR) is 141 cm³/mol. The maximum atomic E-state index is 13.8. The summed E-state index contributed by atoms with van der Waals surface area (Å²) in [5, 5.41) is 0. The Morgan fingerprint density at radius 3 is 2.47 bits per heavy atom. The molecule has 36 heavy (non-hydrogen) atoms. The van der Waals surface area contributed by atoms with Crippen molar-refractivity contribution in [1.82, 2.24) is 4.57 Å². The quantitative estimate of drug-likeness (QED) is 0.402. The second kappa shape index (κ2) is 10.7. The number of halogens is 1. The van der Waals surface area contributed by atoms with Crippen LogP contribution in [0.5, 0.6) is 17.2 Å². The van der Waals surface area contributed by atoms with E-state index in [1.807, 2.05) is 12.1 Å². The summed E-state index contributed by atoms with van der Waals surface area (Å²) in [6, 6.07) is 10.1. The van der Waals surface area contributed by atoms with E-state index in [0.29, 0.717) is 53.5 Å². The third-order valence-corrected chi connectivity index (χ3v) is 7.33. The van der Waals surface area contributed by atoms with Crippen molar-refractivity contribution in [3.63, 3.8) is 0 Å². The highest BCUT2D eigenvalue weighted by molar-refractivity contribution is 9.10. The summed E-state index contributed by atoms with van der Waals surface area (Å²) in [7, 11) is 4.72. The van der Waals surface area contributed by atoms with Gasteiger partial charge in [-0.1, -0.05) is 17.4 Å². The van der Waals surface area contributed by atoms with E-state index in [0.717, 1.165) is 0 Å². The first-order valence-corrected chi connectivity index (χ1v) is 12.7. The van der Waals surface area contributed by atoms with Crippen LogP contribution >= 0.6 is 27.3 Å². The molecule has 2 heterocycles. The Morgan fingerprint density at radius 1 is 1.11 bits per heavy atom. The Kier molecular flexibility index (Phi) is 7.65. The number of aromatic nitrogens is 1. The van der Waals surface area contributed by atoms with E-state index >= 15 is 0 Å². The summed E-state index contributed by atoms with van der Waals surface area (Å²) in [5.41, 5.74) is 1.93. The zero-order valence-corrected chi connectivity index (χ0v) is 22.9. The number of hydrogen-bond donors (Lipinski definition) is 0. The lowest BCUT2D eigenvalue weighted by Gasteiger charge is -2.25. The van der Waals surface area contributed by atoms with Crippen molar-refractivity contribution < 1.29 is 23.7 Å². The fraction of sp³-hybridized carbons (Fsp3) is 0.269. The van der Waals surface area contributed by atoms with Crippen LogP contribution in [0.3, 0.4) is 0 Å². The minimum Gasteiger partial charge on any atom is -0.497 e. The van der Waals surface area contributed by atoms with Crippen molar-refractivity contribution in [3.8, 4) is 17.2 Å². The summed E-state index contributed by atoms with van der Waals surface area (Å²) in [4.78, 5) is 31.9. The highest BCUT2D eigenvalue weighted by atomic mass is 79.9. The van der Waals surface area contributed by atoms with Gasteiger partial charge in [0.2, 0.25) is 0 Å². The van der Waals surface area contributed by atoms with Gasteiger partial charge in [-0.25, -0.2) is 9.79 Å². The standard InChI is InChI=1S/C26H25BrN2O6S/c1-6-35-25(31)22-14(2)28-26-29(23(22)15-7-9-20(34-5)18(27)12-15)24(30)21(36-26)13-16-11-17(32-3)8-10-19(16)33-4/h7-13,23H,6H2,1-5H3/b21-13+. The summed E-state index contributed by atoms with van der Waals surface area (Å²) in [6.45, 7) is 3.69. The number of thiazole rings is 1. The molecular weight excluding hydrogens is 548 g/mol. The van der Waals surface area contributed by atoms with Crippen LogP contribution in [-0.4, -0.2) is 38.5 Å². The largest absolute Gasteiger partial charge is 0.497 e. The second-order valence-electron chi connectivity index (χ2n) is 7.80. The number of hydrogen-bond acceptors (Lipinski definition) is 8. The lowest BCUT2D eigenvalue weighted by atomic mass is 9.96. The van der Waals surface area contributed by atoms with Gasteiger partial charge in [-0.15, -0.1) is 0 Å². The lowest BCUT2D eigenvalue weighted by molar-refractivity contribution is -0.139. The molecule has 0 aliphatic carbocycles. The molecule has 0 saturated heterocycles. The zero-order valence-electron chi connectivity index (χ0n) is 20.5. The normalized spacial score (nSPS) is 15.3. The Balaban J connectivity index is 1.98. The minimum atomic E-state index is -0.725. The number of fused-ring (bicyclic) bond motifs is 1. The van der Waals surface area contributed by atoms with Gasteiger partial charge in [-0.2, -0.15) is 0 Å². The van der Waals surface area contributed by atoms with E-state index in [1.165, 1.54) is 15.9 Å². The number of carbonyl (C=O) groups excluding carboxylic acids is 1. The van der Waals surface area contributed by atoms with Crippen LogP contribution in [0.2, 0.25) is 0 Å². The number of rotatable bonds is 7. The molecule has 0 radical (unpaired) electrons. The van der Waals surface area contributed by atoms with Gasteiger partial charge < -0.3 is 18.9 Å². The number of carbonyl (C=O) groups is 1. The Labute approximate surface area is 220 Å². The number of ether oxygens (including phenoxy) is 4. The summed E-state index contributed by atoms with van der Waals surface area (Å²) >= 11 is 4.76. The fourth-order valence-electron chi connectivity index (χ4n) is 4.05. The van der Waals surface area contributed by atoms with Crippen molar-refractivity contribution >= 4 is 39.3 Å². The molecule has 1 aliphatic rings. The summed E-state index contributed by atoms with van der Waals surface area (Å²) < 4.78 is 24.2. The maximum absolute atomic E-state index is 13.8. The highest BCUT2D eigenvalue weighted by Gasteiger charge is 2.33. The molecule has 2 aromatic carbocycles. The molecule has 0 amide bonds. The molecule has 0 fully saturated rings. The molecule has 1 atom stereocenters. The molecule has 0 bridgehead atoms. The van der Waals surface area contributed by atoms with Gasteiger partial charge in [0, 0.05) is 5.56 Å². The number of esters is 1. The van der Waals surface area contributed by atoms with Crippen LogP contribution in [0.25, 0.3) is 6.08 Å². The van der Waals surface area contributed by atoms with Gasteiger partial charge in [0.1, 0.15) is 17.2 Å². The molecule has 3 aromatic rings. The third-order valence-electron chi connectivity index (χ3n) is 5.73. The average Bonchev–Trinajstić information content (AvgIpc) is 3.17. The molecule has 8 nitrogen and oxygen atoms in total. The maximum Gasteiger partial charge on any atom is 0.338 e. The second-order valence-corrected chi connectivity index (χ2v) is 9.67. The fourth-order valence-corrected chi connectivity index (χ4v) is 5.65. The Morgan fingerprint density at radius 2 is 1.83 bits per heavy atom. The predicted octanol–water partition coefficient (Wildman–Crippen LogP) is 3.59. The van der Waals surface area contributed by atoms with Crippen molar-refractivity contribution in [2.45, 2.75) is 19.9 Å². The number of allylic oxidation sites excluding steroid dienone is 1. The van der Waals surface area contributed by atoms with Crippen molar-refractivity contribution in [3.05, 3.63) is 83.0 Å². The zero-order chi connectivity index (χ0) is 26.0. The van der Waals surface area contributed by atoms with Crippen molar-refractivity contribution in [2.75, 3.05) is 27.9 Å². The van der Waals surface area contributed by atoms with Gasteiger partial charge in [0.15, 0.2) is 4.80 Å². The average molecular weight is 573 g/mol. The van der Waals surface area contributed by atoms with Crippen LogP contribution in [0, 0.1) is 0 Å². The van der Waals surface area contributed by atoms with E-state index in [2.05, 4.69) is 20.9 Å². The van der Waals surface area contributed by atoms with E-state index < -0.39 is 12.0 Å². The van der Waals surface area contributed by atoms with Crippen molar-refractivity contribution in [1.29, 1.82) is 0 Å². The summed E-state index contributed by atoms with van der Waals surface area (Å²) in [5.74, 6) is 1.35. The molecule has 0 spiro atoms. The van der Waals surface area contributed by atoms with Gasteiger partial charge in [0.25, 0.3) is 5.56 Å². The van der Waals surface area contributed by atoms with E-state index in [9.17, 15) is 9.59 Å². The molecule has 10 heteroatoms. The molecule has 1 aliphatic heterocycles. The van der Waals surface area contributed by atoms with Crippen LogP contribution < -0.4 is 29.1 Å². The lowest BCUT2D eigenvalue weighted by Crippen LogP contribution is -2.40. The monoisotopic (exact) mass is 572 g/mol. The first kappa shape index (κ1) is 25.7. The highest BCUT2D eigenvalue weighted by Crippen LogP contribution is 2.35. The van der Waals surface area contributed by atoms with Crippen LogP contribution in [0.1, 0.15) is 31.0 Å². The van der Waals surface area contributed by atoms with Crippen LogP contribution in [-0.2, 0) is 9.53 Å². The topological polar surface area (TPSA) is 88.4 Å². The first-order valence-electron chi connectivity index (χ1n) is 11.1. The minimum absolute atomic E-state index is 0.203. The molecule has 0 saturated carbocycles. The van der Waals surface area contributed by atoms with Gasteiger partial charge in [0.05, 0.1) is 54.3 Å². The van der Waals surface area contributed by atoms with Gasteiger partial charge in [-0.05, 0) is 71.7 Å². The SMILES string of the molecule is CCOC(=O)C1=C(C)N=c2s/c(=C/c3cc(OC)ccc3OC)c(=O)n2C1c1ccc(OC)c(Br)c1. The van der Waals surface area contributed by atoms with Gasteiger partial charge in [-0.3, -0.25) is 9.36 Å². The van der Waals surface area contributed by atoms with E-state index in [-0.39, 0.29) is 12.2 Å². The molecule has 1 aromatic heterocycles. The van der Waals surface area contributed by atoms with E-state index in [4.69, 9.17) is 18.9 Å². The van der Waals surface area contributed by atoms with Crippen molar-refractivity contribution in [2.24, 2.45) is 4.99 Å². The molecule has 0 N–H and O–H groups in total. The Hall–Kier alpha value is -3.37. The first-order chi connectivity index (χ1) is 17.3. The van der Waals surface area contributed by atoms with Crippen LogP contribution in [0.4, 0.5) is 0 Å². The molecule has 188 valence electrons.